The van der Waals surface area contributed by atoms with Gasteiger partial charge in [-0.3, -0.25) is 0 Å². The van der Waals surface area contributed by atoms with Gasteiger partial charge in [0.25, 0.3) is 0 Å². The van der Waals surface area contributed by atoms with E-state index in [1.54, 1.807) is 0 Å². The van der Waals surface area contributed by atoms with E-state index < -0.39 is 0 Å². The zero-order valence-corrected chi connectivity index (χ0v) is 7.33. The average Bonchev–Trinajstić information content (AvgIpc) is 2.06. The first-order chi connectivity index (χ1) is 5.74. The van der Waals surface area contributed by atoms with Gasteiger partial charge in [-0.05, 0) is 23.6 Å². The molecule has 0 aliphatic rings. The number of aliphatic imine (C=N–C) groups is 1. The Morgan fingerprint density at radius 1 is 1.25 bits per heavy atom. The van der Waals surface area contributed by atoms with Crippen LogP contribution in [-0.4, -0.2) is 6.01 Å². The molecule has 0 bridgehead atoms. The molecule has 0 spiro atoms. The van der Waals surface area contributed by atoms with Crippen molar-refractivity contribution in [1.29, 1.82) is 5.41 Å². The van der Waals surface area contributed by atoms with Gasteiger partial charge in [-0.1, -0.05) is 26.0 Å². The molecule has 1 rings (SSSR count). The van der Waals surface area contributed by atoms with Crippen LogP contribution in [0.1, 0.15) is 25.3 Å². The Morgan fingerprint density at radius 2 is 1.83 bits per heavy atom. The van der Waals surface area contributed by atoms with Crippen LogP contribution in [0.15, 0.2) is 29.3 Å². The van der Waals surface area contributed by atoms with Crippen molar-refractivity contribution in [1.82, 2.24) is 0 Å². The maximum atomic E-state index is 6.66. The molecular weight excluding hydrogens is 148 g/mol. The van der Waals surface area contributed by atoms with Gasteiger partial charge in [0.1, 0.15) is 0 Å². The molecule has 0 atom stereocenters. The first-order valence-electron chi connectivity index (χ1n) is 3.96. The van der Waals surface area contributed by atoms with Gasteiger partial charge in [-0.25, -0.2) is 5.41 Å². The van der Waals surface area contributed by atoms with Crippen LogP contribution in [0.4, 0.5) is 5.69 Å². The van der Waals surface area contributed by atoms with Crippen molar-refractivity contribution in [2.75, 3.05) is 0 Å². The topological polar surface area (TPSA) is 36.2 Å². The number of rotatable bonds is 2. The fraction of sp³-hybridized carbons (Fsp3) is 0.300. The Morgan fingerprint density at radius 3 is 2.25 bits per heavy atom. The predicted molar refractivity (Wildman–Crippen MR) is 50.3 cm³/mol. The van der Waals surface area contributed by atoms with E-state index in [-0.39, 0.29) is 0 Å². The lowest BCUT2D eigenvalue weighted by Gasteiger charge is -2.03. The van der Waals surface area contributed by atoms with E-state index in [4.69, 9.17) is 5.41 Å². The standard InChI is InChI=1S/C10H12N2/c1-8(2)9-3-5-10(6-4-9)12-7-11/h3-6,8,11H,1-2H3. The van der Waals surface area contributed by atoms with Crippen molar-refractivity contribution in [3.05, 3.63) is 29.8 Å². The van der Waals surface area contributed by atoms with Crippen LogP contribution in [0.2, 0.25) is 0 Å². The van der Waals surface area contributed by atoms with E-state index in [1.807, 2.05) is 30.3 Å². The molecule has 0 amide bonds. The van der Waals surface area contributed by atoms with E-state index in [0.29, 0.717) is 5.92 Å². The van der Waals surface area contributed by atoms with Crippen LogP contribution in [0.3, 0.4) is 0 Å². The van der Waals surface area contributed by atoms with E-state index in [2.05, 4.69) is 18.8 Å². The number of hydrogen-bond acceptors (Lipinski definition) is 2. The quantitative estimate of drug-likeness (QED) is 0.645. The summed E-state index contributed by atoms with van der Waals surface area (Å²) in [5.74, 6) is 0.544. The SMILES string of the molecule is CC(C)c1ccc(N=C=N)cc1. The molecule has 2 nitrogen and oxygen atoms in total. The summed E-state index contributed by atoms with van der Waals surface area (Å²) >= 11 is 0. The highest BCUT2D eigenvalue weighted by atomic mass is 14.7. The summed E-state index contributed by atoms with van der Waals surface area (Å²) in [6.07, 6.45) is 0. The van der Waals surface area contributed by atoms with Gasteiger partial charge in [-0.15, -0.1) is 0 Å². The van der Waals surface area contributed by atoms with Crippen LogP contribution >= 0.6 is 0 Å². The minimum Gasteiger partial charge on any atom is -0.241 e. The monoisotopic (exact) mass is 160 g/mol. The molecule has 0 heterocycles. The summed E-state index contributed by atoms with van der Waals surface area (Å²) in [5, 5.41) is 6.66. The highest BCUT2D eigenvalue weighted by Gasteiger charge is 1.96. The second-order valence-electron chi connectivity index (χ2n) is 2.97. The zero-order valence-electron chi connectivity index (χ0n) is 7.33. The van der Waals surface area contributed by atoms with Crippen LogP contribution < -0.4 is 0 Å². The van der Waals surface area contributed by atoms with E-state index in [1.165, 1.54) is 5.56 Å². The number of nitrogens with zero attached hydrogens (tertiary/aromatic N) is 1. The third-order valence-electron chi connectivity index (χ3n) is 1.74. The van der Waals surface area contributed by atoms with Gasteiger partial charge in [-0.2, -0.15) is 4.99 Å². The Labute approximate surface area is 72.5 Å². The van der Waals surface area contributed by atoms with Crippen molar-refractivity contribution in [2.45, 2.75) is 19.8 Å². The molecule has 0 saturated carbocycles. The molecule has 0 saturated heterocycles. The first kappa shape index (κ1) is 8.69. The van der Waals surface area contributed by atoms with Gasteiger partial charge in [0.05, 0.1) is 11.7 Å². The second kappa shape index (κ2) is 3.84. The minimum absolute atomic E-state index is 0.544. The molecule has 0 fully saturated rings. The summed E-state index contributed by atoms with van der Waals surface area (Å²) < 4.78 is 0. The first-order valence-corrected chi connectivity index (χ1v) is 3.96. The minimum atomic E-state index is 0.544. The molecule has 1 aromatic rings. The molecule has 2 heteroatoms. The maximum absolute atomic E-state index is 6.66. The van der Waals surface area contributed by atoms with E-state index in [9.17, 15) is 0 Å². The molecule has 0 unspecified atom stereocenters. The summed E-state index contributed by atoms with van der Waals surface area (Å²) in [6.45, 7) is 4.30. The zero-order chi connectivity index (χ0) is 8.97. The molecule has 1 aromatic carbocycles. The molecule has 12 heavy (non-hydrogen) atoms. The molecule has 0 aliphatic heterocycles. The highest BCUT2D eigenvalue weighted by molar-refractivity contribution is 5.50. The molecule has 0 aromatic heterocycles. The Hall–Kier alpha value is -1.40. The summed E-state index contributed by atoms with van der Waals surface area (Å²) in [5.41, 5.74) is 2.08. The molecular formula is C10H12N2. The normalized spacial score (nSPS) is 9.58. The fourth-order valence-corrected chi connectivity index (χ4v) is 0.998. The Balaban J connectivity index is 2.92. The van der Waals surface area contributed by atoms with Crippen molar-refractivity contribution in [2.24, 2.45) is 4.99 Å². The molecule has 62 valence electrons. The lowest BCUT2D eigenvalue weighted by molar-refractivity contribution is 0.867. The third-order valence-corrected chi connectivity index (χ3v) is 1.74. The summed E-state index contributed by atoms with van der Waals surface area (Å²) in [6, 6.07) is 9.86. The van der Waals surface area contributed by atoms with Crippen molar-refractivity contribution in [3.63, 3.8) is 0 Å². The van der Waals surface area contributed by atoms with E-state index in [0.717, 1.165) is 5.69 Å². The number of benzene rings is 1. The smallest absolute Gasteiger partial charge is 0.0918 e. The largest absolute Gasteiger partial charge is 0.241 e. The van der Waals surface area contributed by atoms with Gasteiger partial charge in [0, 0.05) is 0 Å². The van der Waals surface area contributed by atoms with Crippen LogP contribution in [0, 0.1) is 5.41 Å². The second-order valence-corrected chi connectivity index (χ2v) is 2.97. The lowest BCUT2D eigenvalue weighted by Crippen LogP contribution is -1.84. The van der Waals surface area contributed by atoms with E-state index >= 15 is 0 Å². The highest BCUT2D eigenvalue weighted by Crippen LogP contribution is 2.18. The molecule has 0 aliphatic carbocycles. The van der Waals surface area contributed by atoms with Gasteiger partial charge in [0.15, 0.2) is 0 Å². The third kappa shape index (κ3) is 2.04. The average molecular weight is 160 g/mol. The van der Waals surface area contributed by atoms with Crippen molar-refractivity contribution < 1.29 is 0 Å². The Bertz CT molecular complexity index is 292. The number of nitrogens with one attached hydrogen (secondary N) is 1. The number of hydrogen-bond donors (Lipinski definition) is 1. The van der Waals surface area contributed by atoms with Crippen molar-refractivity contribution in [3.8, 4) is 0 Å². The molecule has 0 radical (unpaired) electrons. The summed E-state index contributed by atoms with van der Waals surface area (Å²) in [7, 11) is 0. The Kier molecular flexibility index (Phi) is 2.78. The van der Waals surface area contributed by atoms with Crippen LogP contribution in [0.5, 0.6) is 0 Å². The fourth-order valence-electron chi connectivity index (χ4n) is 0.998. The van der Waals surface area contributed by atoms with Gasteiger partial charge in [0.2, 0.25) is 0 Å². The summed E-state index contributed by atoms with van der Waals surface area (Å²) in [4.78, 5) is 3.72. The van der Waals surface area contributed by atoms with Gasteiger partial charge >= 0.3 is 0 Å². The maximum Gasteiger partial charge on any atom is 0.0918 e. The van der Waals surface area contributed by atoms with Crippen molar-refractivity contribution >= 4 is 11.7 Å². The lowest BCUT2D eigenvalue weighted by atomic mass is 10.0. The predicted octanol–water partition coefficient (Wildman–Crippen LogP) is 3.19. The van der Waals surface area contributed by atoms with Gasteiger partial charge < -0.3 is 0 Å². The van der Waals surface area contributed by atoms with Crippen LogP contribution in [0.25, 0.3) is 0 Å². The molecule has 1 N–H and O–H groups in total. The van der Waals surface area contributed by atoms with Crippen LogP contribution in [-0.2, 0) is 0 Å².